The summed E-state index contributed by atoms with van der Waals surface area (Å²) in [6.45, 7) is 12.9. The topological polar surface area (TPSA) is 88.0 Å². The first-order chi connectivity index (χ1) is 14.2. The first kappa shape index (κ1) is 22.2. The van der Waals surface area contributed by atoms with Crippen LogP contribution in [-0.2, 0) is 24.4 Å². The van der Waals surface area contributed by atoms with E-state index < -0.39 is 8.07 Å². The number of nitrogen functional groups attached to an aromatic ring is 1. The molecule has 7 nitrogen and oxygen atoms in total. The zero-order valence-electron chi connectivity index (χ0n) is 18.7. The van der Waals surface area contributed by atoms with Crippen molar-refractivity contribution in [2.24, 2.45) is 5.92 Å². The minimum Gasteiger partial charge on any atom is -0.394 e. The summed E-state index contributed by atoms with van der Waals surface area (Å²) in [5.74, 6) is 0.472. The van der Waals surface area contributed by atoms with E-state index in [1.807, 2.05) is 6.07 Å². The van der Waals surface area contributed by atoms with E-state index in [9.17, 15) is 4.79 Å². The van der Waals surface area contributed by atoms with Crippen LogP contribution in [0.25, 0.3) is 11.0 Å². The molecule has 3 rings (SSSR count). The molecule has 0 radical (unpaired) electrons. The lowest BCUT2D eigenvalue weighted by Gasteiger charge is -2.18. The number of hydrogen-bond donors (Lipinski definition) is 1. The summed E-state index contributed by atoms with van der Waals surface area (Å²) in [6.07, 6.45) is 4.23. The van der Waals surface area contributed by atoms with E-state index in [0.717, 1.165) is 41.5 Å². The van der Waals surface area contributed by atoms with E-state index in [1.54, 1.807) is 29.2 Å². The molecule has 0 atom stereocenters. The molecule has 0 aromatic carbocycles. The van der Waals surface area contributed by atoms with Crippen molar-refractivity contribution >= 4 is 24.8 Å². The molecular formula is C22H33N5O2Si. The summed E-state index contributed by atoms with van der Waals surface area (Å²) >= 11 is 0. The van der Waals surface area contributed by atoms with Crippen molar-refractivity contribution in [1.29, 1.82) is 0 Å². The third kappa shape index (κ3) is 5.37. The number of ether oxygens (including phenoxy) is 1. The Hall–Kier alpha value is -2.45. The largest absolute Gasteiger partial charge is 0.394 e. The van der Waals surface area contributed by atoms with Gasteiger partial charge in [0, 0.05) is 26.6 Å². The predicted octanol–water partition coefficient (Wildman–Crippen LogP) is 3.73. The molecule has 0 saturated carbocycles. The molecule has 0 spiro atoms. The SMILES string of the molecule is CC(C)Cc1ncnc2cc(Cn3cccc(N)c3=O)n(COCC[Si](C)(C)C)c12. The van der Waals surface area contributed by atoms with Crippen LogP contribution >= 0.6 is 0 Å². The van der Waals surface area contributed by atoms with Crippen LogP contribution in [-0.4, -0.2) is 33.8 Å². The van der Waals surface area contributed by atoms with Gasteiger partial charge in [-0.3, -0.25) is 4.79 Å². The lowest BCUT2D eigenvalue weighted by atomic mass is 10.1. The lowest BCUT2D eigenvalue weighted by molar-refractivity contribution is 0.0881. The second kappa shape index (κ2) is 9.14. The van der Waals surface area contributed by atoms with Crippen LogP contribution in [0.4, 0.5) is 5.69 Å². The van der Waals surface area contributed by atoms with Gasteiger partial charge >= 0.3 is 0 Å². The van der Waals surface area contributed by atoms with Gasteiger partial charge in [0.05, 0.1) is 29.0 Å². The highest BCUT2D eigenvalue weighted by Gasteiger charge is 2.17. The summed E-state index contributed by atoms with van der Waals surface area (Å²) in [5.41, 5.74) is 9.70. The van der Waals surface area contributed by atoms with Crippen molar-refractivity contribution in [3.63, 3.8) is 0 Å². The van der Waals surface area contributed by atoms with Crippen molar-refractivity contribution in [2.75, 3.05) is 12.3 Å². The van der Waals surface area contributed by atoms with Crippen LogP contribution in [0.1, 0.15) is 25.2 Å². The van der Waals surface area contributed by atoms with Crippen molar-refractivity contribution in [3.05, 3.63) is 52.5 Å². The van der Waals surface area contributed by atoms with E-state index in [4.69, 9.17) is 10.5 Å². The molecule has 8 heteroatoms. The maximum absolute atomic E-state index is 12.5. The summed E-state index contributed by atoms with van der Waals surface area (Å²) in [5, 5.41) is 0. The molecule has 3 aromatic rings. The summed E-state index contributed by atoms with van der Waals surface area (Å²) < 4.78 is 9.83. The number of hydrogen-bond acceptors (Lipinski definition) is 5. The third-order valence-corrected chi connectivity index (χ3v) is 6.75. The Morgan fingerprint density at radius 1 is 1.23 bits per heavy atom. The zero-order chi connectivity index (χ0) is 21.9. The number of anilines is 1. The van der Waals surface area contributed by atoms with Gasteiger partial charge in [-0.05, 0) is 36.6 Å². The predicted molar refractivity (Wildman–Crippen MR) is 124 cm³/mol. The average Bonchev–Trinajstić information content (AvgIpc) is 2.99. The quantitative estimate of drug-likeness (QED) is 0.415. The minimum absolute atomic E-state index is 0.192. The van der Waals surface area contributed by atoms with Gasteiger partial charge in [0.1, 0.15) is 13.1 Å². The van der Waals surface area contributed by atoms with Crippen molar-refractivity contribution in [3.8, 4) is 0 Å². The first-order valence-corrected chi connectivity index (χ1v) is 14.2. The van der Waals surface area contributed by atoms with Crippen LogP contribution in [0.15, 0.2) is 35.5 Å². The molecule has 3 heterocycles. The van der Waals surface area contributed by atoms with Gasteiger partial charge in [0.15, 0.2) is 0 Å². The van der Waals surface area contributed by atoms with E-state index >= 15 is 0 Å². The number of aromatic nitrogens is 4. The maximum atomic E-state index is 12.5. The summed E-state index contributed by atoms with van der Waals surface area (Å²) in [7, 11) is -1.17. The Balaban J connectivity index is 1.99. The Kier molecular flexibility index (Phi) is 6.77. The molecule has 0 aliphatic heterocycles. The second-order valence-electron chi connectivity index (χ2n) is 9.46. The molecule has 3 aromatic heterocycles. The molecule has 0 fully saturated rings. The normalized spacial score (nSPS) is 12.2. The van der Waals surface area contributed by atoms with Gasteiger partial charge in [0.2, 0.25) is 0 Å². The molecule has 0 bridgehead atoms. The monoisotopic (exact) mass is 427 g/mol. The molecule has 0 aliphatic rings. The Morgan fingerprint density at radius 3 is 2.70 bits per heavy atom. The number of nitrogens with zero attached hydrogens (tertiary/aromatic N) is 4. The second-order valence-corrected chi connectivity index (χ2v) is 15.1. The molecule has 0 aliphatic carbocycles. The highest BCUT2D eigenvalue weighted by atomic mass is 28.3. The van der Waals surface area contributed by atoms with Crippen LogP contribution in [0.3, 0.4) is 0 Å². The average molecular weight is 428 g/mol. The summed E-state index contributed by atoms with van der Waals surface area (Å²) in [4.78, 5) is 21.5. The van der Waals surface area contributed by atoms with Crippen LogP contribution < -0.4 is 11.3 Å². The van der Waals surface area contributed by atoms with Crippen LogP contribution in [0, 0.1) is 5.92 Å². The Morgan fingerprint density at radius 2 is 2.00 bits per heavy atom. The molecule has 30 heavy (non-hydrogen) atoms. The fourth-order valence-electron chi connectivity index (χ4n) is 3.41. The molecular weight excluding hydrogens is 394 g/mol. The number of rotatable bonds is 9. The lowest BCUT2D eigenvalue weighted by Crippen LogP contribution is -2.24. The molecule has 0 unspecified atom stereocenters. The molecule has 0 amide bonds. The van der Waals surface area contributed by atoms with Gasteiger partial charge in [-0.15, -0.1) is 0 Å². The number of fused-ring (bicyclic) bond motifs is 1. The Labute approximate surface area is 178 Å². The zero-order valence-corrected chi connectivity index (χ0v) is 19.7. The minimum atomic E-state index is -1.17. The van der Waals surface area contributed by atoms with Gasteiger partial charge in [-0.2, -0.15) is 0 Å². The maximum Gasteiger partial charge on any atom is 0.274 e. The molecule has 162 valence electrons. The third-order valence-electron chi connectivity index (χ3n) is 5.05. The smallest absolute Gasteiger partial charge is 0.274 e. The fraction of sp³-hybridized carbons (Fsp3) is 0.500. The van der Waals surface area contributed by atoms with Crippen LogP contribution in [0.5, 0.6) is 0 Å². The van der Waals surface area contributed by atoms with Gasteiger partial charge in [0.25, 0.3) is 5.56 Å². The van der Waals surface area contributed by atoms with Crippen molar-refractivity contribution < 1.29 is 4.74 Å². The molecule has 0 saturated heterocycles. The molecule has 2 N–H and O–H groups in total. The van der Waals surface area contributed by atoms with Gasteiger partial charge in [-0.25, -0.2) is 9.97 Å². The van der Waals surface area contributed by atoms with Gasteiger partial charge < -0.3 is 19.6 Å². The highest BCUT2D eigenvalue weighted by Crippen LogP contribution is 2.23. The van der Waals surface area contributed by atoms with Gasteiger partial charge in [-0.1, -0.05) is 33.5 Å². The summed E-state index contributed by atoms with van der Waals surface area (Å²) in [6, 6.07) is 6.54. The first-order valence-electron chi connectivity index (χ1n) is 10.5. The number of nitrogens with two attached hydrogens (primary N) is 1. The fourth-order valence-corrected chi connectivity index (χ4v) is 4.17. The van der Waals surface area contributed by atoms with E-state index in [1.165, 1.54) is 0 Å². The van der Waals surface area contributed by atoms with Crippen LogP contribution in [0.2, 0.25) is 25.7 Å². The van der Waals surface area contributed by atoms with Crippen molar-refractivity contribution in [1.82, 2.24) is 19.1 Å². The number of pyridine rings is 1. The van der Waals surface area contributed by atoms with E-state index in [0.29, 0.717) is 19.2 Å². The highest BCUT2D eigenvalue weighted by molar-refractivity contribution is 6.76. The standard InChI is InChI=1S/C22H33N5O2Si/c1-16(2)11-19-21-20(25-14-24-19)12-17(13-26-8-6-7-18(23)22(26)28)27(21)15-29-9-10-30(3,4)5/h6-8,12,14,16H,9-11,13,15,23H2,1-5H3. The van der Waals surface area contributed by atoms with Crippen molar-refractivity contribution in [2.45, 2.75) is 59.2 Å². The van der Waals surface area contributed by atoms with E-state index in [2.05, 4.69) is 48.0 Å². The Bertz CT molecular complexity index is 1070. The van der Waals surface area contributed by atoms with E-state index in [-0.39, 0.29) is 11.2 Å².